The van der Waals surface area contributed by atoms with E-state index in [4.69, 9.17) is 14.2 Å². The fourth-order valence-electron chi connectivity index (χ4n) is 1.96. The van der Waals surface area contributed by atoms with Crippen LogP contribution in [0.1, 0.15) is 5.56 Å². The summed E-state index contributed by atoms with van der Waals surface area (Å²) in [5.41, 5.74) is 0.718. The van der Waals surface area contributed by atoms with Crippen LogP contribution in [0.2, 0.25) is 0 Å². The van der Waals surface area contributed by atoms with E-state index in [1.807, 2.05) is 0 Å². The first-order valence-corrected chi connectivity index (χ1v) is 8.82. The number of esters is 1. The average Bonchev–Trinajstić information content (AvgIpc) is 3.04. The number of thioether (sulfide) groups is 1. The van der Waals surface area contributed by atoms with Crippen LogP contribution in [0, 0.1) is 0 Å². The van der Waals surface area contributed by atoms with Crippen LogP contribution in [-0.4, -0.2) is 50.7 Å². The van der Waals surface area contributed by atoms with Crippen molar-refractivity contribution in [3.63, 3.8) is 0 Å². The summed E-state index contributed by atoms with van der Waals surface area (Å²) in [5.74, 6) is 0.0395. The number of amidine groups is 1. The van der Waals surface area contributed by atoms with Gasteiger partial charge >= 0.3 is 5.97 Å². The number of hydrogen-bond donors (Lipinski definition) is 1. The Morgan fingerprint density at radius 2 is 2.11 bits per heavy atom. The third kappa shape index (κ3) is 6.16. The molecule has 0 spiro atoms. The van der Waals surface area contributed by atoms with Gasteiger partial charge in [0, 0.05) is 6.08 Å². The Bertz CT molecular complexity index is 835. The van der Waals surface area contributed by atoms with Gasteiger partial charge in [0.1, 0.15) is 13.2 Å². The van der Waals surface area contributed by atoms with Crippen LogP contribution in [0.4, 0.5) is 0 Å². The fourth-order valence-corrected chi connectivity index (χ4v) is 2.69. The molecule has 0 aromatic heterocycles. The zero-order valence-corrected chi connectivity index (χ0v) is 16.2. The summed E-state index contributed by atoms with van der Waals surface area (Å²) in [4.78, 5) is 23.1. The van der Waals surface area contributed by atoms with Crippen molar-refractivity contribution in [2.24, 2.45) is 10.2 Å². The van der Waals surface area contributed by atoms with Crippen molar-refractivity contribution >= 4 is 35.0 Å². The third-order valence-corrected chi connectivity index (χ3v) is 4.12. The van der Waals surface area contributed by atoms with Gasteiger partial charge in [0.2, 0.25) is 0 Å². The number of benzene rings is 1. The molecule has 1 saturated heterocycles. The third-order valence-electron chi connectivity index (χ3n) is 3.22. The molecule has 0 atom stereocenters. The number of rotatable bonds is 9. The van der Waals surface area contributed by atoms with Crippen molar-refractivity contribution in [1.82, 2.24) is 5.32 Å². The van der Waals surface area contributed by atoms with Crippen LogP contribution in [-0.2, 0) is 19.1 Å². The van der Waals surface area contributed by atoms with E-state index < -0.39 is 11.9 Å². The Labute approximate surface area is 166 Å². The number of methoxy groups -OCH3 is 2. The van der Waals surface area contributed by atoms with Gasteiger partial charge in [0.05, 0.1) is 31.6 Å². The lowest BCUT2D eigenvalue weighted by Crippen LogP contribution is -2.19. The second-order valence-corrected chi connectivity index (χ2v) is 6.06. The molecule has 28 heavy (non-hydrogen) atoms. The van der Waals surface area contributed by atoms with Gasteiger partial charge in [-0.3, -0.25) is 10.1 Å². The van der Waals surface area contributed by atoms with Crippen LogP contribution in [0.5, 0.6) is 11.5 Å². The second kappa shape index (κ2) is 10.8. The number of nitrogens with one attached hydrogen (secondary N) is 1. The van der Waals surface area contributed by atoms with Crippen LogP contribution in [0.25, 0.3) is 0 Å². The van der Waals surface area contributed by atoms with E-state index in [0.29, 0.717) is 24.7 Å². The molecule has 0 unspecified atom stereocenters. The van der Waals surface area contributed by atoms with Crippen molar-refractivity contribution in [3.05, 3.63) is 47.6 Å². The van der Waals surface area contributed by atoms with E-state index in [1.54, 1.807) is 18.2 Å². The summed E-state index contributed by atoms with van der Waals surface area (Å²) in [7, 11) is 2.76. The SMILES string of the molecule is C=COCCOc1ccc(C=N/N=C2/NC(=O)/C(=C\C(=O)OC)S2)cc1OC. The highest BCUT2D eigenvalue weighted by Gasteiger charge is 2.24. The summed E-state index contributed by atoms with van der Waals surface area (Å²) >= 11 is 0.993. The van der Waals surface area contributed by atoms with Crippen molar-refractivity contribution in [1.29, 1.82) is 0 Å². The van der Waals surface area contributed by atoms with Gasteiger partial charge in [-0.25, -0.2) is 4.79 Å². The minimum Gasteiger partial charge on any atom is -0.498 e. The molecule has 0 bridgehead atoms. The van der Waals surface area contributed by atoms with Crippen molar-refractivity contribution in [2.45, 2.75) is 0 Å². The zero-order valence-electron chi connectivity index (χ0n) is 15.3. The largest absolute Gasteiger partial charge is 0.498 e. The Morgan fingerprint density at radius 3 is 2.82 bits per heavy atom. The average molecular weight is 405 g/mol. The molecule has 2 rings (SSSR count). The normalized spacial score (nSPS) is 16.3. The molecule has 0 aliphatic carbocycles. The van der Waals surface area contributed by atoms with Crippen molar-refractivity contribution < 1.29 is 28.5 Å². The molecule has 0 radical (unpaired) electrons. The molecule has 1 N–H and O–H groups in total. The van der Waals surface area contributed by atoms with Gasteiger partial charge in [-0.2, -0.15) is 5.10 Å². The maximum Gasteiger partial charge on any atom is 0.331 e. The lowest BCUT2D eigenvalue weighted by atomic mass is 10.2. The van der Waals surface area contributed by atoms with Crippen LogP contribution < -0.4 is 14.8 Å². The number of carbonyl (C=O) groups is 2. The lowest BCUT2D eigenvalue weighted by molar-refractivity contribution is -0.135. The van der Waals surface area contributed by atoms with Gasteiger partial charge in [-0.05, 0) is 35.5 Å². The first-order valence-electron chi connectivity index (χ1n) is 8.00. The summed E-state index contributed by atoms with van der Waals surface area (Å²) in [6.07, 6.45) is 3.94. The Kier molecular flexibility index (Phi) is 8.10. The highest BCUT2D eigenvalue weighted by Crippen LogP contribution is 2.27. The predicted octanol–water partition coefficient (Wildman–Crippen LogP) is 1.84. The summed E-state index contributed by atoms with van der Waals surface area (Å²) in [6.45, 7) is 4.18. The van der Waals surface area contributed by atoms with E-state index in [9.17, 15) is 9.59 Å². The van der Waals surface area contributed by atoms with Gasteiger partial charge in [-0.15, -0.1) is 5.10 Å². The minimum atomic E-state index is -0.618. The summed E-state index contributed by atoms with van der Waals surface area (Å²) < 4.78 is 20.4. The van der Waals surface area contributed by atoms with Gasteiger partial charge in [0.15, 0.2) is 16.7 Å². The molecule has 1 fully saturated rings. The molecule has 1 aromatic rings. The highest BCUT2D eigenvalue weighted by molar-refractivity contribution is 8.18. The quantitative estimate of drug-likeness (QED) is 0.167. The topological polar surface area (TPSA) is 108 Å². The van der Waals surface area contributed by atoms with Gasteiger partial charge in [-0.1, -0.05) is 6.58 Å². The molecule has 1 aliphatic heterocycles. The molecule has 1 aromatic carbocycles. The molecule has 1 amide bonds. The summed E-state index contributed by atoms with van der Waals surface area (Å²) in [5, 5.41) is 10.6. The standard InChI is InChI=1S/C18H19N3O6S/c1-4-26-7-8-27-13-6-5-12(9-14(13)24-2)11-19-21-18-20-17(23)15(28-18)10-16(22)25-3/h4-6,9-11H,1,7-8H2,2-3H3,(H,20,21,23)/b15-10+,19-11?. The second-order valence-electron chi connectivity index (χ2n) is 5.03. The molecular weight excluding hydrogens is 386 g/mol. The molecule has 148 valence electrons. The first kappa shape index (κ1) is 21.0. The number of carbonyl (C=O) groups excluding carboxylic acids is 2. The molecule has 9 nitrogen and oxygen atoms in total. The molecule has 10 heteroatoms. The highest BCUT2D eigenvalue weighted by atomic mass is 32.2. The molecule has 1 aliphatic rings. The smallest absolute Gasteiger partial charge is 0.331 e. The predicted molar refractivity (Wildman–Crippen MR) is 105 cm³/mol. The fraction of sp³-hybridized carbons (Fsp3) is 0.222. The van der Waals surface area contributed by atoms with Crippen molar-refractivity contribution in [3.8, 4) is 11.5 Å². The molecular formula is C18H19N3O6S. The molecule has 1 heterocycles. The maximum atomic E-state index is 11.7. The zero-order chi connectivity index (χ0) is 20.4. The lowest BCUT2D eigenvalue weighted by Gasteiger charge is -2.10. The van der Waals surface area contributed by atoms with Crippen molar-refractivity contribution in [2.75, 3.05) is 27.4 Å². The van der Waals surface area contributed by atoms with E-state index in [2.05, 4.69) is 26.8 Å². The van der Waals surface area contributed by atoms with E-state index in [0.717, 1.165) is 23.4 Å². The van der Waals surface area contributed by atoms with E-state index >= 15 is 0 Å². The number of amides is 1. The number of nitrogens with zero attached hydrogens (tertiary/aromatic N) is 2. The maximum absolute atomic E-state index is 11.7. The van der Waals surface area contributed by atoms with E-state index in [1.165, 1.54) is 26.7 Å². The Hall–Kier alpha value is -3.27. The Morgan fingerprint density at radius 1 is 1.29 bits per heavy atom. The minimum absolute atomic E-state index is 0.185. The van der Waals surface area contributed by atoms with Gasteiger partial charge in [0.25, 0.3) is 5.91 Å². The van der Waals surface area contributed by atoms with E-state index in [-0.39, 0.29) is 10.1 Å². The summed E-state index contributed by atoms with van der Waals surface area (Å²) in [6, 6.07) is 5.25. The number of hydrogen-bond acceptors (Lipinski definition) is 9. The Balaban J connectivity index is 2.01. The van der Waals surface area contributed by atoms with Crippen LogP contribution in [0.3, 0.4) is 0 Å². The van der Waals surface area contributed by atoms with Crippen LogP contribution in [0.15, 0.2) is 52.2 Å². The molecule has 0 saturated carbocycles. The number of ether oxygens (including phenoxy) is 4. The van der Waals surface area contributed by atoms with Gasteiger partial charge < -0.3 is 18.9 Å². The monoisotopic (exact) mass is 405 g/mol. The first-order chi connectivity index (χ1) is 13.6. The van der Waals surface area contributed by atoms with Crippen LogP contribution >= 0.6 is 11.8 Å².